The molecule has 1 aliphatic carbocycles. The van der Waals surface area contributed by atoms with E-state index in [4.69, 9.17) is 21.6 Å². The number of imidazole rings is 1. The third-order valence-electron chi connectivity index (χ3n) is 7.60. The maximum atomic E-state index is 12.9. The zero-order chi connectivity index (χ0) is 28.1. The van der Waals surface area contributed by atoms with Gasteiger partial charge in [0, 0.05) is 49.5 Å². The highest BCUT2D eigenvalue weighted by Crippen LogP contribution is 2.34. The number of pyridine rings is 2. The molecule has 5 rings (SSSR count). The van der Waals surface area contributed by atoms with Crippen molar-refractivity contribution in [1.29, 1.82) is 0 Å². The maximum absolute atomic E-state index is 12.9. The van der Waals surface area contributed by atoms with Gasteiger partial charge in [-0.1, -0.05) is 54.9 Å². The second-order valence-electron chi connectivity index (χ2n) is 10.5. The number of rotatable bonds is 10. The van der Waals surface area contributed by atoms with Crippen LogP contribution in [-0.4, -0.2) is 30.7 Å². The van der Waals surface area contributed by atoms with E-state index in [2.05, 4.69) is 51.9 Å². The Hall–Kier alpha value is -3.81. The van der Waals surface area contributed by atoms with Crippen molar-refractivity contribution in [2.75, 3.05) is 0 Å². The predicted molar refractivity (Wildman–Crippen MR) is 158 cm³/mol. The third-order valence-corrected chi connectivity index (χ3v) is 7.88. The predicted octanol–water partition coefficient (Wildman–Crippen LogP) is 6.46. The van der Waals surface area contributed by atoms with Gasteiger partial charge in [-0.25, -0.2) is 4.98 Å². The molecule has 1 aromatic carbocycles. The summed E-state index contributed by atoms with van der Waals surface area (Å²) in [6.07, 6.45) is 12.1. The molecule has 8 heteroatoms. The van der Waals surface area contributed by atoms with Crippen LogP contribution in [0.1, 0.15) is 81.5 Å². The van der Waals surface area contributed by atoms with Crippen molar-refractivity contribution in [2.24, 2.45) is 0 Å². The van der Waals surface area contributed by atoms with E-state index in [0.29, 0.717) is 23.7 Å². The van der Waals surface area contributed by atoms with Gasteiger partial charge in [0.15, 0.2) is 0 Å². The summed E-state index contributed by atoms with van der Waals surface area (Å²) in [7, 11) is 0. The Morgan fingerprint density at radius 3 is 2.88 bits per heavy atom. The first kappa shape index (κ1) is 27.7. The number of nitrogens with one attached hydrogen (secondary N) is 2. The smallest absolute Gasteiger partial charge is 0.253 e. The number of carbonyl (C=O) groups excluding carboxylic acids is 1. The molecule has 1 amide bonds. The van der Waals surface area contributed by atoms with E-state index in [1.807, 2.05) is 43.6 Å². The Labute approximate surface area is 240 Å². The number of hydrogen-bond acceptors (Lipinski definition) is 5. The first-order chi connectivity index (χ1) is 19.4. The number of amides is 1. The summed E-state index contributed by atoms with van der Waals surface area (Å²) in [6, 6.07) is 12.8. The lowest BCUT2D eigenvalue weighted by molar-refractivity contribution is 0.0950. The fourth-order valence-corrected chi connectivity index (χ4v) is 5.68. The number of hydrogen-bond donors (Lipinski definition) is 2. The number of halogens is 1. The van der Waals surface area contributed by atoms with Crippen molar-refractivity contribution >= 4 is 17.5 Å². The van der Waals surface area contributed by atoms with Gasteiger partial charge in [0.25, 0.3) is 5.91 Å². The van der Waals surface area contributed by atoms with Crippen LogP contribution >= 0.6 is 11.6 Å². The topological polar surface area (TPSA) is 86.8 Å². The van der Waals surface area contributed by atoms with Crippen molar-refractivity contribution < 1.29 is 4.79 Å². The molecule has 40 heavy (non-hydrogen) atoms. The molecule has 0 radical (unpaired) electrons. The molecule has 0 fully saturated rings. The number of benzene rings is 1. The van der Waals surface area contributed by atoms with Gasteiger partial charge in [-0.2, -0.15) is 0 Å². The summed E-state index contributed by atoms with van der Waals surface area (Å²) in [5, 5.41) is 3.37. The molecule has 3 aromatic heterocycles. The van der Waals surface area contributed by atoms with Crippen LogP contribution in [0, 0.1) is 6.92 Å². The van der Waals surface area contributed by atoms with Crippen LogP contribution in [0.2, 0.25) is 5.02 Å². The van der Waals surface area contributed by atoms with Crippen molar-refractivity contribution in [3.63, 3.8) is 0 Å². The van der Waals surface area contributed by atoms with Gasteiger partial charge in [0.2, 0.25) is 0 Å². The van der Waals surface area contributed by atoms with Crippen LogP contribution < -0.4 is 5.32 Å². The Morgan fingerprint density at radius 1 is 1.20 bits per heavy atom. The van der Waals surface area contributed by atoms with Gasteiger partial charge < -0.3 is 10.3 Å². The fourth-order valence-electron chi connectivity index (χ4n) is 5.39. The van der Waals surface area contributed by atoms with Crippen LogP contribution in [0.4, 0.5) is 0 Å². The summed E-state index contributed by atoms with van der Waals surface area (Å²) >= 11 is 6.25. The van der Waals surface area contributed by atoms with E-state index in [1.54, 1.807) is 6.20 Å². The van der Waals surface area contributed by atoms with Gasteiger partial charge in [0.05, 0.1) is 28.9 Å². The number of aromatic amines is 1. The van der Waals surface area contributed by atoms with Crippen LogP contribution in [0.3, 0.4) is 0 Å². The number of allylic oxidation sites excluding steroid dienone is 1. The lowest BCUT2D eigenvalue weighted by atomic mass is 9.90. The molecule has 2 N–H and O–H groups in total. The second-order valence-corrected chi connectivity index (χ2v) is 10.9. The van der Waals surface area contributed by atoms with E-state index in [1.165, 1.54) is 17.3 Å². The largest absolute Gasteiger partial charge is 0.348 e. The van der Waals surface area contributed by atoms with Crippen molar-refractivity contribution in [3.8, 4) is 0 Å². The van der Waals surface area contributed by atoms with Crippen molar-refractivity contribution in [3.05, 3.63) is 124 Å². The average Bonchev–Trinajstić information content (AvgIpc) is 3.44. The van der Waals surface area contributed by atoms with Gasteiger partial charge in [-0.05, 0) is 54.5 Å². The van der Waals surface area contributed by atoms with E-state index in [0.717, 1.165) is 54.1 Å². The lowest BCUT2D eigenvalue weighted by Crippen LogP contribution is -2.32. The number of fused-ring (bicyclic) bond motifs is 1. The quantitative estimate of drug-likeness (QED) is 0.220. The van der Waals surface area contributed by atoms with E-state index < -0.39 is 0 Å². The van der Waals surface area contributed by atoms with Gasteiger partial charge in [-0.3, -0.25) is 19.7 Å². The first-order valence-electron chi connectivity index (χ1n) is 13.7. The summed E-state index contributed by atoms with van der Waals surface area (Å²) in [6.45, 7) is 9.66. The van der Waals surface area contributed by atoms with Crippen molar-refractivity contribution in [2.45, 2.75) is 64.7 Å². The third kappa shape index (κ3) is 6.32. The summed E-state index contributed by atoms with van der Waals surface area (Å²) in [5.74, 6) is 0.938. The Balaban J connectivity index is 1.36. The molecule has 2 atom stereocenters. The molecule has 0 saturated carbocycles. The zero-order valence-electron chi connectivity index (χ0n) is 23.0. The average molecular weight is 555 g/mol. The van der Waals surface area contributed by atoms with Crippen LogP contribution in [0.15, 0.2) is 73.8 Å². The number of aromatic nitrogens is 4. The molecule has 206 valence electrons. The fraction of sp³-hybridized carbons (Fsp3) is 0.312. The maximum Gasteiger partial charge on any atom is 0.253 e. The van der Waals surface area contributed by atoms with Gasteiger partial charge in [-0.15, -0.1) is 6.58 Å². The minimum absolute atomic E-state index is 0.190. The Morgan fingerprint density at radius 2 is 2.05 bits per heavy atom. The minimum Gasteiger partial charge on any atom is -0.348 e. The standard InChI is InChI=1S/C32H35ClN6O/c1-4-21(2)27-18-36-29(38-27)20-39(28-12-6-10-25-11-7-13-35-31(25)28)19-24-9-5-8-23(14-24)16-37-32(40)30-22(3)15-34-17-26(30)33/h4-5,7-9,11,13-15,17-18,21,28H,1,6,10,12,16,19-20H2,2-3H3,(H,36,38)(H,37,40). The summed E-state index contributed by atoms with van der Waals surface area (Å²) in [4.78, 5) is 32.4. The van der Waals surface area contributed by atoms with Gasteiger partial charge in [0.1, 0.15) is 5.82 Å². The zero-order valence-corrected chi connectivity index (χ0v) is 23.8. The number of nitrogens with zero attached hydrogens (tertiary/aromatic N) is 4. The molecule has 4 aromatic rings. The highest BCUT2D eigenvalue weighted by molar-refractivity contribution is 6.33. The van der Waals surface area contributed by atoms with Crippen LogP contribution in [-0.2, 0) is 26.1 Å². The number of carbonyl (C=O) groups is 1. The minimum atomic E-state index is -0.204. The molecule has 1 aliphatic rings. The molecule has 0 bridgehead atoms. The molecule has 0 saturated heterocycles. The normalized spacial score (nSPS) is 15.4. The molecule has 0 aliphatic heterocycles. The van der Waals surface area contributed by atoms with Crippen LogP contribution in [0.5, 0.6) is 0 Å². The number of aryl methyl sites for hydroxylation is 2. The molecular formula is C32H35ClN6O. The molecule has 7 nitrogen and oxygen atoms in total. The van der Waals surface area contributed by atoms with Crippen LogP contribution in [0.25, 0.3) is 0 Å². The first-order valence-corrected chi connectivity index (χ1v) is 14.1. The molecule has 2 unspecified atom stereocenters. The highest BCUT2D eigenvalue weighted by Gasteiger charge is 2.28. The van der Waals surface area contributed by atoms with E-state index in [-0.39, 0.29) is 17.9 Å². The highest BCUT2D eigenvalue weighted by atomic mass is 35.5. The van der Waals surface area contributed by atoms with Crippen molar-refractivity contribution in [1.82, 2.24) is 30.2 Å². The summed E-state index contributed by atoms with van der Waals surface area (Å²) < 4.78 is 0. The molecule has 0 spiro atoms. The molecule has 3 heterocycles. The Kier molecular flexibility index (Phi) is 8.72. The lowest BCUT2D eigenvalue weighted by Gasteiger charge is -2.34. The van der Waals surface area contributed by atoms with E-state index in [9.17, 15) is 4.79 Å². The number of H-pyrrole nitrogens is 1. The SMILES string of the molecule is C=CC(C)c1cnc(CN(Cc2cccc(CNC(=O)c3c(C)cncc3Cl)c2)C2CCCc3cccnc32)[nH]1. The Bertz CT molecular complexity index is 1480. The monoisotopic (exact) mass is 554 g/mol. The van der Waals surface area contributed by atoms with Gasteiger partial charge >= 0.3 is 0 Å². The molecular weight excluding hydrogens is 520 g/mol. The van der Waals surface area contributed by atoms with E-state index >= 15 is 0 Å². The summed E-state index contributed by atoms with van der Waals surface area (Å²) in [5.41, 5.74) is 6.95. The second kappa shape index (κ2) is 12.6.